The zero-order chi connectivity index (χ0) is 24.9. The lowest BCUT2D eigenvalue weighted by Crippen LogP contribution is -2.33. The Kier molecular flexibility index (Phi) is 7.72. The summed E-state index contributed by atoms with van der Waals surface area (Å²) in [6.45, 7) is 1.23. The van der Waals surface area contributed by atoms with Crippen molar-refractivity contribution in [1.29, 1.82) is 0 Å². The van der Waals surface area contributed by atoms with Crippen molar-refractivity contribution in [3.63, 3.8) is 0 Å². The molecular weight excluding hydrogens is 473 g/mol. The first-order valence-corrected chi connectivity index (χ1v) is 11.0. The number of nitrogens with one attached hydrogen (secondary N) is 2. The van der Waals surface area contributed by atoms with Crippen molar-refractivity contribution >= 4 is 23.6 Å². The van der Waals surface area contributed by atoms with Gasteiger partial charge in [-0.15, -0.1) is 0 Å². The number of carbonyl (C=O) groups is 2. The van der Waals surface area contributed by atoms with E-state index >= 15 is 0 Å². The molecule has 0 atom stereocenters. The Balaban J connectivity index is 0.000000191. The summed E-state index contributed by atoms with van der Waals surface area (Å²) in [7, 11) is 0. The average molecular weight is 492 g/mol. The molecule has 12 heteroatoms. The van der Waals surface area contributed by atoms with Crippen LogP contribution in [0.15, 0.2) is 47.5 Å². The van der Waals surface area contributed by atoms with Crippen molar-refractivity contribution in [2.45, 2.75) is 24.6 Å². The fraction of sp³-hybridized carbons (Fsp3) is 0.227. The van der Waals surface area contributed by atoms with Crippen LogP contribution in [0.5, 0.6) is 0 Å². The molecule has 3 aromatic rings. The maximum atomic E-state index is 12.8. The fourth-order valence-corrected chi connectivity index (χ4v) is 4.08. The number of aryl methyl sites for hydroxylation is 1. The van der Waals surface area contributed by atoms with Crippen molar-refractivity contribution in [1.82, 2.24) is 20.3 Å². The van der Waals surface area contributed by atoms with Gasteiger partial charge in [0, 0.05) is 29.0 Å². The quantitative estimate of drug-likeness (QED) is 0.510. The summed E-state index contributed by atoms with van der Waals surface area (Å²) in [6.07, 6.45) is -1.59. The number of aromatic nitrogens is 3. The second-order valence-corrected chi connectivity index (χ2v) is 8.16. The molecule has 3 heterocycles. The minimum atomic E-state index is -4.39. The number of halogens is 3. The predicted molar refractivity (Wildman–Crippen MR) is 119 cm³/mol. The topological polar surface area (TPSA) is 125 Å². The van der Waals surface area contributed by atoms with Crippen LogP contribution in [0.2, 0.25) is 0 Å². The zero-order valence-corrected chi connectivity index (χ0v) is 18.6. The van der Waals surface area contributed by atoms with Crippen molar-refractivity contribution < 1.29 is 27.9 Å². The van der Waals surface area contributed by atoms with Crippen LogP contribution in [0.1, 0.15) is 32.9 Å². The number of H-pyrrole nitrogens is 1. The molecule has 4 rings (SSSR count). The first-order chi connectivity index (χ1) is 16.1. The predicted octanol–water partition coefficient (Wildman–Crippen LogP) is 3.41. The number of carboxylic acid groups (broad SMARTS) is 1. The highest BCUT2D eigenvalue weighted by Crippen LogP contribution is 2.35. The molecule has 1 aliphatic rings. The van der Waals surface area contributed by atoms with Gasteiger partial charge in [-0.2, -0.15) is 24.9 Å². The average Bonchev–Trinajstić information content (AvgIpc) is 3.24. The Morgan fingerprint density at radius 2 is 1.91 bits per heavy atom. The molecule has 2 aromatic heterocycles. The molecule has 3 N–H and O–H groups in total. The number of hydrogen-bond donors (Lipinski definition) is 3. The van der Waals surface area contributed by atoms with Gasteiger partial charge in [0.2, 0.25) is 0 Å². The number of alkyl halides is 3. The second kappa shape index (κ2) is 10.5. The molecule has 34 heavy (non-hydrogen) atoms. The number of hydrogen-bond acceptors (Lipinski definition) is 6. The number of aromatic amines is 1. The van der Waals surface area contributed by atoms with E-state index in [4.69, 9.17) is 5.11 Å². The number of fused-ring (bicyclic) bond motifs is 1. The van der Waals surface area contributed by atoms with Crippen LogP contribution in [0.4, 0.5) is 13.2 Å². The lowest BCUT2D eigenvalue weighted by molar-refractivity contribution is -0.137. The number of nitrogens with zero attached hydrogens (tertiary/aromatic N) is 2. The molecule has 1 amide bonds. The number of thioether (sulfide) groups is 1. The molecule has 0 saturated heterocycles. The standard InChI is InChI=1S/C12H9F3N2.C10H10N2O4S/c1-8-6-17-11(7-16-8)9-4-2-3-5-10(9)12(13,14)15;13-8(14)2-11-9(15)6-1-5-3-17-4-7(5)12-10(6)16/h2-7H,1H3;1H,2-4H2,(H,11,15)(H,12,16)(H,13,14). The number of amides is 1. The van der Waals surface area contributed by atoms with Crippen LogP contribution >= 0.6 is 11.8 Å². The van der Waals surface area contributed by atoms with Crippen LogP contribution in [-0.2, 0) is 22.5 Å². The molecule has 1 aromatic carbocycles. The van der Waals surface area contributed by atoms with E-state index in [2.05, 4.69) is 20.3 Å². The van der Waals surface area contributed by atoms with Gasteiger partial charge in [-0.1, -0.05) is 18.2 Å². The molecular formula is C22H19F3N4O4S. The van der Waals surface area contributed by atoms with Gasteiger partial charge in [-0.3, -0.25) is 24.4 Å². The number of carboxylic acids is 1. The molecule has 0 saturated carbocycles. The van der Waals surface area contributed by atoms with E-state index in [1.807, 2.05) is 0 Å². The summed E-state index contributed by atoms with van der Waals surface area (Å²) >= 11 is 1.65. The molecule has 178 valence electrons. The second-order valence-electron chi connectivity index (χ2n) is 7.17. The minimum Gasteiger partial charge on any atom is -0.480 e. The third-order valence-corrected chi connectivity index (χ3v) is 5.66. The van der Waals surface area contributed by atoms with E-state index in [1.54, 1.807) is 24.8 Å². The van der Waals surface area contributed by atoms with Crippen LogP contribution in [0.25, 0.3) is 11.3 Å². The summed E-state index contributed by atoms with van der Waals surface area (Å²) in [5, 5.41) is 10.6. The number of rotatable bonds is 4. The summed E-state index contributed by atoms with van der Waals surface area (Å²) < 4.78 is 38.3. The Hall–Kier alpha value is -3.67. The summed E-state index contributed by atoms with van der Waals surface area (Å²) in [6, 6.07) is 6.87. The summed E-state index contributed by atoms with van der Waals surface area (Å²) in [5.74, 6) is -0.313. The van der Waals surface area contributed by atoms with Gasteiger partial charge >= 0.3 is 12.1 Å². The van der Waals surface area contributed by atoms with Crippen LogP contribution in [-0.4, -0.2) is 38.5 Å². The van der Waals surface area contributed by atoms with Crippen molar-refractivity contribution in [3.8, 4) is 11.3 Å². The smallest absolute Gasteiger partial charge is 0.417 e. The number of carbonyl (C=O) groups excluding carboxylic acids is 1. The third kappa shape index (κ3) is 6.22. The van der Waals surface area contributed by atoms with Gasteiger partial charge in [0.1, 0.15) is 12.1 Å². The SMILES string of the molecule is Cc1cnc(-c2ccccc2C(F)(F)F)cn1.O=C(O)CNC(=O)c1cc2c([nH]c1=O)CSC2. The number of aliphatic carboxylic acids is 1. The monoisotopic (exact) mass is 492 g/mol. The Bertz CT molecular complexity index is 1260. The normalized spacial score (nSPS) is 12.4. The number of pyridine rings is 1. The Morgan fingerprint density at radius 1 is 1.18 bits per heavy atom. The zero-order valence-electron chi connectivity index (χ0n) is 17.8. The van der Waals surface area contributed by atoms with Crippen LogP contribution in [0, 0.1) is 6.92 Å². The molecule has 0 fully saturated rings. The third-order valence-electron chi connectivity index (χ3n) is 4.65. The highest BCUT2D eigenvalue weighted by molar-refractivity contribution is 7.98. The van der Waals surface area contributed by atoms with Gasteiger partial charge in [0.15, 0.2) is 0 Å². The van der Waals surface area contributed by atoms with E-state index in [0.29, 0.717) is 5.69 Å². The molecule has 0 aliphatic carbocycles. The van der Waals surface area contributed by atoms with Crippen LogP contribution < -0.4 is 10.9 Å². The van der Waals surface area contributed by atoms with Gasteiger partial charge in [-0.25, -0.2) is 0 Å². The lowest BCUT2D eigenvalue weighted by Gasteiger charge is -2.11. The lowest BCUT2D eigenvalue weighted by atomic mass is 10.0. The van der Waals surface area contributed by atoms with E-state index in [-0.39, 0.29) is 16.8 Å². The van der Waals surface area contributed by atoms with E-state index in [9.17, 15) is 27.6 Å². The molecule has 0 unspecified atom stereocenters. The van der Waals surface area contributed by atoms with E-state index < -0.39 is 35.7 Å². The summed E-state index contributed by atoms with van der Waals surface area (Å²) in [5.41, 5.74) is 1.50. The Morgan fingerprint density at radius 3 is 2.56 bits per heavy atom. The summed E-state index contributed by atoms with van der Waals surface area (Å²) in [4.78, 5) is 44.0. The first-order valence-electron chi connectivity index (χ1n) is 9.84. The highest BCUT2D eigenvalue weighted by atomic mass is 32.2. The largest absolute Gasteiger partial charge is 0.480 e. The van der Waals surface area contributed by atoms with Gasteiger partial charge in [0.25, 0.3) is 11.5 Å². The van der Waals surface area contributed by atoms with Crippen LogP contribution in [0.3, 0.4) is 0 Å². The first kappa shape index (κ1) is 25.0. The van der Waals surface area contributed by atoms with Gasteiger partial charge in [-0.05, 0) is 24.6 Å². The fourth-order valence-electron chi connectivity index (χ4n) is 3.04. The number of benzene rings is 1. The molecule has 0 bridgehead atoms. The van der Waals surface area contributed by atoms with Gasteiger partial charge < -0.3 is 15.4 Å². The van der Waals surface area contributed by atoms with E-state index in [1.165, 1.54) is 30.6 Å². The maximum absolute atomic E-state index is 12.8. The molecule has 8 nitrogen and oxygen atoms in total. The van der Waals surface area contributed by atoms with Crippen molar-refractivity contribution in [3.05, 3.63) is 81.2 Å². The molecule has 0 radical (unpaired) electrons. The van der Waals surface area contributed by atoms with Gasteiger partial charge in [0.05, 0.1) is 23.1 Å². The highest BCUT2D eigenvalue weighted by Gasteiger charge is 2.33. The van der Waals surface area contributed by atoms with E-state index in [0.717, 1.165) is 28.8 Å². The van der Waals surface area contributed by atoms with Crippen molar-refractivity contribution in [2.75, 3.05) is 6.54 Å². The molecule has 0 spiro atoms. The Labute approximate surface area is 195 Å². The van der Waals surface area contributed by atoms with Crippen molar-refractivity contribution in [2.24, 2.45) is 0 Å². The minimum absolute atomic E-state index is 0.0347. The molecule has 1 aliphatic heterocycles. The maximum Gasteiger partial charge on any atom is 0.417 e.